The summed E-state index contributed by atoms with van der Waals surface area (Å²) in [6, 6.07) is 9.05. The third kappa shape index (κ3) is 3.71. The molecular formula is C14H12ClF2NO2S. The van der Waals surface area contributed by atoms with Crippen molar-refractivity contribution in [3.63, 3.8) is 0 Å². The fraction of sp³-hybridized carbons (Fsp3) is 0.143. The van der Waals surface area contributed by atoms with Crippen LogP contribution in [-0.2, 0) is 16.4 Å². The molecule has 1 N–H and O–H groups in total. The van der Waals surface area contributed by atoms with Gasteiger partial charge in [0, 0.05) is 5.88 Å². The molecule has 0 heterocycles. The van der Waals surface area contributed by atoms with Gasteiger partial charge in [-0.25, -0.2) is 17.2 Å². The summed E-state index contributed by atoms with van der Waals surface area (Å²) >= 11 is 5.59. The largest absolute Gasteiger partial charge is 0.274 e. The molecule has 0 atom stereocenters. The number of sulfonamides is 1. The molecule has 0 aromatic heterocycles. The summed E-state index contributed by atoms with van der Waals surface area (Å²) in [6.45, 7) is 0. The van der Waals surface area contributed by atoms with E-state index in [0.29, 0.717) is 12.3 Å². The Morgan fingerprint density at radius 1 is 1.00 bits per heavy atom. The van der Waals surface area contributed by atoms with E-state index < -0.39 is 27.3 Å². The lowest BCUT2D eigenvalue weighted by Crippen LogP contribution is -2.15. The van der Waals surface area contributed by atoms with E-state index in [2.05, 4.69) is 0 Å². The third-order valence-electron chi connectivity index (χ3n) is 2.82. The first-order chi connectivity index (χ1) is 9.94. The molecule has 0 saturated carbocycles. The van der Waals surface area contributed by atoms with Crippen LogP contribution < -0.4 is 4.72 Å². The van der Waals surface area contributed by atoms with Crippen LogP contribution in [0.4, 0.5) is 14.5 Å². The van der Waals surface area contributed by atoms with Crippen LogP contribution in [0.5, 0.6) is 0 Å². The maximum Gasteiger partial charge on any atom is 0.262 e. The monoisotopic (exact) mass is 331 g/mol. The molecule has 0 unspecified atom stereocenters. The Kier molecular flexibility index (Phi) is 4.80. The molecule has 0 aliphatic heterocycles. The summed E-state index contributed by atoms with van der Waals surface area (Å²) in [5, 5.41) is 0. The Hall–Kier alpha value is -1.66. The Bertz CT molecular complexity index is 713. The van der Waals surface area contributed by atoms with Gasteiger partial charge in [0.2, 0.25) is 0 Å². The SMILES string of the molecule is O=S(=O)(Nc1c(F)cccc1F)c1ccc(CCCl)cc1. The first-order valence-corrected chi connectivity index (χ1v) is 8.07. The lowest BCUT2D eigenvalue weighted by molar-refractivity contribution is 0.583. The van der Waals surface area contributed by atoms with E-state index in [1.165, 1.54) is 12.1 Å². The van der Waals surface area contributed by atoms with Gasteiger partial charge in [0.1, 0.15) is 17.3 Å². The lowest BCUT2D eigenvalue weighted by Gasteiger charge is -2.10. The van der Waals surface area contributed by atoms with E-state index in [1.54, 1.807) is 12.1 Å². The second-order valence-corrected chi connectivity index (χ2v) is 6.35. The van der Waals surface area contributed by atoms with Gasteiger partial charge >= 0.3 is 0 Å². The van der Waals surface area contributed by atoms with Gasteiger partial charge in [0.25, 0.3) is 10.0 Å². The zero-order chi connectivity index (χ0) is 15.5. The summed E-state index contributed by atoms with van der Waals surface area (Å²) in [6.07, 6.45) is 0.608. The molecule has 112 valence electrons. The van der Waals surface area contributed by atoms with Crippen molar-refractivity contribution < 1.29 is 17.2 Å². The molecule has 2 aromatic rings. The molecule has 0 fully saturated rings. The summed E-state index contributed by atoms with van der Waals surface area (Å²) in [4.78, 5) is -0.0801. The molecule has 0 bridgehead atoms. The van der Waals surface area contributed by atoms with E-state index in [-0.39, 0.29) is 4.90 Å². The highest BCUT2D eigenvalue weighted by Gasteiger charge is 2.18. The zero-order valence-corrected chi connectivity index (χ0v) is 12.4. The number of nitrogens with one attached hydrogen (secondary N) is 1. The lowest BCUT2D eigenvalue weighted by atomic mass is 10.2. The molecule has 21 heavy (non-hydrogen) atoms. The van der Waals surface area contributed by atoms with Crippen LogP contribution in [0.15, 0.2) is 47.4 Å². The first-order valence-electron chi connectivity index (χ1n) is 6.06. The zero-order valence-electron chi connectivity index (χ0n) is 10.8. The minimum Gasteiger partial charge on any atom is -0.274 e. The number of aryl methyl sites for hydroxylation is 1. The maximum absolute atomic E-state index is 13.5. The number of halogens is 3. The Morgan fingerprint density at radius 2 is 1.57 bits per heavy atom. The van der Waals surface area contributed by atoms with Crippen molar-refractivity contribution in [2.45, 2.75) is 11.3 Å². The highest BCUT2D eigenvalue weighted by molar-refractivity contribution is 7.92. The van der Waals surface area contributed by atoms with E-state index >= 15 is 0 Å². The second-order valence-electron chi connectivity index (χ2n) is 4.29. The Balaban J connectivity index is 2.30. The summed E-state index contributed by atoms with van der Waals surface area (Å²) < 4.78 is 53.1. The molecule has 0 spiro atoms. The average molecular weight is 332 g/mol. The fourth-order valence-electron chi connectivity index (χ4n) is 1.73. The van der Waals surface area contributed by atoms with Crippen LogP contribution in [0.2, 0.25) is 0 Å². The quantitative estimate of drug-likeness (QED) is 0.852. The minimum atomic E-state index is -4.05. The van der Waals surface area contributed by atoms with Crippen molar-refractivity contribution in [2.75, 3.05) is 10.6 Å². The normalized spacial score (nSPS) is 11.4. The second kappa shape index (κ2) is 6.41. The van der Waals surface area contributed by atoms with Crippen LogP contribution in [0.25, 0.3) is 0 Å². The molecule has 0 saturated heterocycles. The van der Waals surface area contributed by atoms with Crippen molar-refractivity contribution in [1.29, 1.82) is 0 Å². The number of para-hydroxylation sites is 1. The summed E-state index contributed by atoms with van der Waals surface area (Å²) in [7, 11) is -4.05. The minimum absolute atomic E-state index is 0.0801. The maximum atomic E-state index is 13.5. The fourth-order valence-corrected chi connectivity index (χ4v) is 3.03. The Labute approximate surface area is 126 Å². The van der Waals surface area contributed by atoms with Crippen LogP contribution in [-0.4, -0.2) is 14.3 Å². The predicted molar refractivity (Wildman–Crippen MR) is 78.0 cm³/mol. The standard InChI is InChI=1S/C14H12ClF2NO2S/c15-9-8-10-4-6-11(7-5-10)21(19,20)18-14-12(16)2-1-3-13(14)17/h1-7,18H,8-9H2. The Morgan fingerprint density at radius 3 is 2.10 bits per heavy atom. The smallest absolute Gasteiger partial charge is 0.262 e. The van der Waals surface area contributed by atoms with E-state index in [9.17, 15) is 17.2 Å². The van der Waals surface area contributed by atoms with Gasteiger partial charge in [-0.05, 0) is 36.2 Å². The number of hydrogen-bond donors (Lipinski definition) is 1. The third-order valence-corrected chi connectivity index (χ3v) is 4.37. The number of benzene rings is 2. The van der Waals surface area contributed by atoms with Gasteiger partial charge < -0.3 is 0 Å². The van der Waals surface area contributed by atoms with Gasteiger partial charge in [0.15, 0.2) is 0 Å². The first kappa shape index (κ1) is 15.7. The number of alkyl halides is 1. The number of anilines is 1. The van der Waals surface area contributed by atoms with Crippen molar-refractivity contribution in [1.82, 2.24) is 0 Å². The van der Waals surface area contributed by atoms with Gasteiger partial charge in [-0.3, -0.25) is 4.72 Å². The molecule has 0 amide bonds. The summed E-state index contributed by atoms with van der Waals surface area (Å²) in [5.41, 5.74) is 0.184. The van der Waals surface area contributed by atoms with Crippen molar-refractivity contribution in [3.8, 4) is 0 Å². The van der Waals surface area contributed by atoms with Gasteiger partial charge in [-0.2, -0.15) is 0 Å². The summed E-state index contributed by atoms with van der Waals surface area (Å²) in [5.74, 6) is -1.53. The van der Waals surface area contributed by atoms with Crippen LogP contribution >= 0.6 is 11.6 Å². The molecule has 3 nitrogen and oxygen atoms in total. The number of rotatable bonds is 5. The molecular weight excluding hydrogens is 320 g/mol. The van der Waals surface area contributed by atoms with Crippen molar-refractivity contribution >= 4 is 27.3 Å². The molecule has 0 aliphatic rings. The molecule has 0 radical (unpaired) electrons. The predicted octanol–water partition coefficient (Wildman–Crippen LogP) is 3.55. The molecule has 0 aliphatic carbocycles. The number of hydrogen-bond acceptors (Lipinski definition) is 2. The van der Waals surface area contributed by atoms with Crippen molar-refractivity contribution in [3.05, 3.63) is 59.7 Å². The van der Waals surface area contributed by atoms with E-state index in [0.717, 1.165) is 23.8 Å². The molecule has 7 heteroatoms. The molecule has 2 rings (SSSR count). The van der Waals surface area contributed by atoms with Crippen LogP contribution in [0, 0.1) is 11.6 Å². The van der Waals surface area contributed by atoms with E-state index in [1.807, 2.05) is 4.72 Å². The van der Waals surface area contributed by atoms with Gasteiger partial charge in [-0.15, -0.1) is 11.6 Å². The topological polar surface area (TPSA) is 46.2 Å². The van der Waals surface area contributed by atoms with Gasteiger partial charge in [-0.1, -0.05) is 18.2 Å². The van der Waals surface area contributed by atoms with Crippen LogP contribution in [0.1, 0.15) is 5.56 Å². The molecule has 2 aromatic carbocycles. The van der Waals surface area contributed by atoms with Crippen molar-refractivity contribution in [2.24, 2.45) is 0 Å². The highest BCUT2D eigenvalue weighted by atomic mass is 35.5. The van der Waals surface area contributed by atoms with Crippen LogP contribution in [0.3, 0.4) is 0 Å². The highest BCUT2D eigenvalue weighted by Crippen LogP contribution is 2.22. The van der Waals surface area contributed by atoms with E-state index in [4.69, 9.17) is 11.6 Å². The van der Waals surface area contributed by atoms with Gasteiger partial charge in [0.05, 0.1) is 4.90 Å². The average Bonchev–Trinajstić information content (AvgIpc) is 2.44.